The van der Waals surface area contributed by atoms with Crippen LogP contribution in [0.15, 0.2) is 48.5 Å². The van der Waals surface area contributed by atoms with Gasteiger partial charge in [0.2, 0.25) is 11.8 Å². The maximum atomic E-state index is 13.2. The van der Waals surface area contributed by atoms with E-state index in [-0.39, 0.29) is 41.7 Å². The first-order chi connectivity index (χ1) is 20.8. The van der Waals surface area contributed by atoms with Crippen LogP contribution in [0.3, 0.4) is 0 Å². The van der Waals surface area contributed by atoms with E-state index in [2.05, 4.69) is 39.4 Å². The smallest absolute Gasteiger partial charge is 0.369 e. The van der Waals surface area contributed by atoms with Crippen LogP contribution in [0.2, 0.25) is 0 Å². The highest BCUT2D eigenvalue weighted by atomic mass is 16.7. The highest BCUT2D eigenvalue weighted by Crippen LogP contribution is 2.60. The number of carbonyl (C=O) groups is 3. The van der Waals surface area contributed by atoms with Gasteiger partial charge >= 0.3 is 6.09 Å². The van der Waals surface area contributed by atoms with Crippen molar-refractivity contribution in [1.29, 1.82) is 0 Å². The lowest BCUT2D eigenvalue weighted by molar-refractivity contribution is -0.145. The van der Waals surface area contributed by atoms with Crippen molar-refractivity contribution in [3.05, 3.63) is 48.5 Å². The molecule has 2 aromatic carbocycles. The Balaban J connectivity index is 0.998. The van der Waals surface area contributed by atoms with Crippen molar-refractivity contribution < 1.29 is 19.2 Å². The van der Waals surface area contributed by atoms with E-state index in [1.807, 2.05) is 29.2 Å². The van der Waals surface area contributed by atoms with Crippen molar-refractivity contribution in [2.45, 2.75) is 38.1 Å². The van der Waals surface area contributed by atoms with Gasteiger partial charge in [0.25, 0.3) is 0 Å². The Labute approximate surface area is 252 Å². The van der Waals surface area contributed by atoms with Gasteiger partial charge in [0.05, 0.1) is 24.5 Å². The minimum Gasteiger partial charge on any atom is -0.369 e. The molecular weight excluding hydrogens is 546 g/mol. The fourth-order valence-corrected chi connectivity index (χ4v) is 8.71. The molecule has 5 N–H and O–H groups in total. The Kier molecular flexibility index (Phi) is 7.07. The summed E-state index contributed by atoms with van der Waals surface area (Å²) in [5.41, 5.74) is 15.0. The first kappa shape index (κ1) is 27.8. The van der Waals surface area contributed by atoms with Crippen LogP contribution in [0.5, 0.6) is 0 Å². The number of primary amides is 1. The highest BCUT2D eigenvalue weighted by molar-refractivity contribution is 5.82. The Morgan fingerprint density at radius 1 is 0.837 bits per heavy atom. The van der Waals surface area contributed by atoms with Crippen LogP contribution in [-0.2, 0) is 14.4 Å². The second-order valence-corrected chi connectivity index (χ2v) is 13.0. The number of nitrogens with one attached hydrogen (secondary N) is 1. The van der Waals surface area contributed by atoms with Crippen LogP contribution < -0.4 is 31.6 Å². The number of hydrogen-bond acceptors (Lipinski definition) is 8. The maximum absolute atomic E-state index is 13.2. The molecular formula is C32H41N7O4. The van der Waals surface area contributed by atoms with Gasteiger partial charge < -0.3 is 36.3 Å². The predicted octanol–water partition coefficient (Wildman–Crippen LogP) is 2.57. The van der Waals surface area contributed by atoms with E-state index in [1.54, 1.807) is 5.06 Å². The minimum absolute atomic E-state index is 0.000219. The average molecular weight is 588 g/mol. The summed E-state index contributed by atoms with van der Waals surface area (Å²) in [5, 5.41) is 4.88. The molecule has 1 saturated heterocycles. The molecule has 43 heavy (non-hydrogen) atoms. The van der Waals surface area contributed by atoms with E-state index in [0.717, 1.165) is 67.9 Å². The second kappa shape index (κ2) is 10.9. The number of piperazine rings is 1. The Hall–Kier alpha value is -3.99. The Morgan fingerprint density at radius 3 is 2.14 bits per heavy atom. The van der Waals surface area contributed by atoms with Gasteiger partial charge in [0.1, 0.15) is 0 Å². The largest absolute Gasteiger partial charge is 0.431 e. The van der Waals surface area contributed by atoms with E-state index >= 15 is 0 Å². The summed E-state index contributed by atoms with van der Waals surface area (Å²) in [4.78, 5) is 49.7. The first-order valence-corrected chi connectivity index (χ1v) is 15.6. The van der Waals surface area contributed by atoms with E-state index in [1.165, 1.54) is 0 Å². The van der Waals surface area contributed by atoms with Crippen LogP contribution in [0.25, 0.3) is 0 Å². The molecule has 5 atom stereocenters. The number of fused-ring (bicyclic) bond motifs is 1. The molecule has 2 aliphatic heterocycles. The monoisotopic (exact) mass is 587 g/mol. The number of rotatable bonds is 6. The second-order valence-electron chi connectivity index (χ2n) is 13.0. The fraction of sp³-hybridized carbons (Fsp3) is 0.531. The van der Waals surface area contributed by atoms with Gasteiger partial charge in [-0.3, -0.25) is 9.59 Å². The molecule has 2 heterocycles. The molecule has 11 nitrogen and oxygen atoms in total. The quantitative estimate of drug-likeness (QED) is 0.469. The highest BCUT2D eigenvalue weighted by Gasteiger charge is 2.58. The maximum Gasteiger partial charge on any atom is 0.431 e. The van der Waals surface area contributed by atoms with Gasteiger partial charge in [-0.05, 0) is 86.3 Å². The minimum atomic E-state index is -0.438. The number of carbonyl (C=O) groups excluding carboxylic acids is 3. The van der Waals surface area contributed by atoms with E-state index in [4.69, 9.17) is 16.3 Å². The predicted molar refractivity (Wildman–Crippen MR) is 164 cm³/mol. The molecule has 6 aliphatic rings. The molecule has 4 bridgehead atoms. The number of benzene rings is 2. The summed E-state index contributed by atoms with van der Waals surface area (Å²) in [6, 6.07) is 16.5. The van der Waals surface area contributed by atoms with E-state index in [9.17, 15) is 14.4 Å². The number of hydroxylamine groups is 1. The molecule has 4 saturated carbocycles. The zero-order valence-corrected chi connectivity index (χ0v) is 24.5. The van der Waals surface area contributed by atoms with Gasteiger partial charge in [0, 0.05) is 55.6 Å². The standard InChI is InChI=1S/C32H41N7O4/c33-20-28(40)37-11-9-36(10-12-37)24-5-7-25(8-6-24)38-13-14-39(27-4-2-1-3-26(27)38)43-31(42)35-29-22-15-21-16-23(29)19-32(17-21,18-22)30(34)41/h1-8,21-23,29H,9-20,33H2,(H2,34,41)(H,35,42)/t21?,22-,23+,29?,32?. The van der Waals surface area contributed by atoms with E-state index < -0.39 is 6.09 Å². The summed E-state index contributed by atoms with van der Waals surface area (Å²) < 4.78 is 0. The number of nitrogens with zero attached hydrogens (tertiary/aromatic N) is 4. The first-order valence-electron chi connectivity index (χ1n) is 15.6. The van der Waals surface area contributed by atoms with Crippen LogP contribution in [0.1, 0.15) is 32.1 Å². The zero-order chi connectivity index (χ0) is 29.7. The topological polar surface area (TPSA) is 137 Å². The van der Waals surface area contributed by atoms with E-state index in [0.29, 0.717) is 32.1 Å². The molecule has 4 aliphatic carbocycles. The van der Waals surface area contributed by atoms with Crippen LogP contribution in [0.4, 0.5) is 27.5 Å². The van der Waals surface area contributed by atoms with Gasteiger partial charge in [-0.25, -0.2) is 9.86 Å². The van der Waals surface area contributed by atoms with Gasteiger partial charge in [-0.1, -0.05) is 12.1 Å². The van der Waals surface area contributed by atoms with Crippen molar-refractivity contribution >= 4 is 40.7 Å². The molecule has 8 rings (SSSR count). The summed E-state index contributed by atoms with van der Waals surface area (Å²) in [6.07, 6.45) is 4.09. The number of anilines is 4. The summed E-state index contributed by atoms with van der Waals surface area (Å²) in [7, 11) is 0. The summed E-state index contributed by atoms with van der Waals surface area (Å²) in [6.45, 7) is 4.14. The van der Waals surface area contributed by atoms with Crippen molar-refractivity contribution in [2.75, 3.05) is 60.7 Å². The fourth-order valence-electron chi connectivity index (χ4n) is 8.71. The van der Waals surface area contributed by atoms with Crippen molar-refractivity contribution in [1.82, 2.24) is 10.2 Å². The van der Waals surface area contributed by atoms with Gasteiger partial charge in [0.15, 0.2) is 0 Å². The third-order valence-electron chi connectivity index (χ3n) is 10.6. The molecule has 3 unspecified atom stereocenters. The van der Waals surface area contributed by atoms with Gasteiger partial charge in [-0.2, -0.15) is 0 Å². The Bertz CT molecular complexity index is 1380. The van der Waals surface area contributed by atoms with Crippen LogP contribution >= 0.6 is 0 Å². The Morgan fingerprint density at radius 2 is 1.49 bits per heavy atom. The average Bonchev–Trinajstić information content (AvgIpc) is 3.02. The number of hydrogen-bond donors (Lipinski definition) is 3. The zero-order valence-electron chi connectivity index (χ0n) is 24.5. The molecule has 228 valence electrons. The molecule has 0 aromatic heterocycles. The van der Waals surface area contributed by atoms with Crippen molar-refractivity contribution in [3.63, 3.8) is 0 Å². The van der Waals surface area contributed by atoms with Gasteiger partial charge in [-0.15, -0.1) is 0 Å². The molecule has 5 fully saturated rings. The normalized spacial score (nSPS) is 29.3. The lowest BCUT2D eigenvalue weighted by Gasteiger charge is -2.58. The van der Waals surface area contributed by atoms with Crippen LogP contribution in [0, 0.1) is 23.2 Å². The number of para-hydroxylation sites is 2. The number of amides is 3. The third-order valence-corrected chi connectivity index (χ3v) is 10.6. The molecule has 0 radical (unpaired) electrons. The summed E-state index contributed by atoms with van der Waals surface area (Å²) >= 11 is 0. The molecule has 11 heteroatoms. The van der Waals surface area contributed by atoms with Crippen LogP contribution in [-0.4, -0.2) is 74.7 Å². The third kappa shape index (κ3) is 5.03. The van der Waals surface area contributed by atoms with Crippen molar-refractivity contribution in [3.8, 4) is 0 Å². The SMILES string of the molecule is NCC(=O)N1CCN(c2ccc(N3CCN(OC(=O)NC4[C@@H]5CC6C[C@H]4CC(C(N)=O)(C6)C5)c4ccccc43)cc2)CC1. The summed E-state index contributed by atoms with van der Waals surface area (Å²) in [5.74, 6) is 0.910. The lowest BCUT2D eigenvalue weighted by atomic mass is 9.47. The lowest BCUT2D eigenvalue weighted by Crippen LogP contribution is -2.62. The number of nitrogens with two attached hydrogens (primary N) is 2. The molecule has 0 spiro atoms. The van der Waals surface area contributed by atoms with Crippen molar-refractivity contribution in [2.24, 2.45) is 34.6 Å². The molecule has 3 amide bonds. The molecule has 2 aromatic rings.